The second-order valence-corrected chi connectivity index (χ2v) is 3.91. The maximum Gasteiger partial charge on any atom is 0.0991 e. The third-order valence-corrected chi connectivity index (χ3v) is 2.45. The highest BCUT2D eigenvalue weighted by molar-refractivity contribution is 5.31. The van der Waals surface area contributed by atoms with E-state index in [1.54, 1.807) is 0 Å². The second-order valence-electron chi connectivity index (χ2n) is 3.91. The van der Waals surface area contributed by atoms with Crippen LogP contribution in [0.5, 0.6) is 0 Å². The fourth-order valence-electron chi connectivity index (χ4n) is 1.71. The molecule has 0 saturated carbocycles. The lowest BCUT2D eigenvalue weighted by molar-refractivity contribution is 0.522. The number of nitrogens with zero attached hydrogens (tertiary/aromatic N) is 1. The fourth-order valence-corrected chi connectivity index (χ4v) is 1.71. The van der Waals surface area contributed by atoms with Gasteiger partial charge in [0.25, 0.3) is 0 Å². The molecule has 1 heteroatoms. The van der Waals surface area contributed by atoms with Gasteiger partial charge in [0.05, 0.1) is 11.6 Å². The Kier molecular flexibility index (Phi) is 4.19. The maximum absolute atomic E-state index is 8.64. The summed E-state index contributed by atoms with van der Waals surface area (Å²) in [5, 5.41) is 8.64. The van der Waals surface area contributed by atoms with Gasteiger partial charge in [-0.25, -0.2) is 0 Å². The molecule has 1 aromatic carbocycles. The first-order chi connectivity index (χ1) is 6.76. The van der Waals surface area contributed by atoms with Gasteiger partial charge in [0.15, 0.2) is 0 Å². The zero-order chi connectivity index (χ0) is 10.4. The summed E-state index contributed by atoms with van der Waals surface area (Å²) in [5.41, 5.74) is 2.09. The molecule has 0 saturated heterocycles. The molecule has 0 aliphatic rings. The van der Waals surface area contributed by atoms with Gasteiger partial charge in [0.2, 0.25) is 0 Å². The quantitative estimate of drug-likeness (QED) is 0.707. The van der Waals surface area contributed by atoms with Gasteiger partial charge >= 0.3 is 0 Å². The molecule has 0 spiro atoms. The highest BCUT2D eigenvalue weighted by Crippen LogP contribution is 2.13. The van der Waals surface area contributed by atoms with E-state index in [0.29, 0.717) is 0 Å². The third-order valence-electron chi connectivity index (χ3n) is 2.45. The number of hydrogen-bond donors (Lipinski definition) is 0. The Bertz CT molecular complexity index is 305. The average Bonchev–Trinajstić information content (AvgIpc) is 2.19. The normalized spacial score (nSPS) is 12.1. The van der Waals surface area contributed by atoms with E-state index >= 15 is 0 Å². The standard InChI is InChI=1S/C13H17N/c1-3-4-11(2)9-12-5-7-13(10-14)8-6-12/h5-8,11H,3-4,9H2,1-2H3. The van der Waals surface area contributed by atoms with Crippen LogP contribution >= 0.6 is 0 Å². The smallest absolute Gasteiger partial charge is 0.0991 e. The Morgan fingerprint density at radius 3 is 2.43 bits per heavy atom. The van der Waals surface area contributed by atoms with Crippen LogP contribution in [0.3, 0.4) is 0 Å². The van der Waals surface area contributed by atoms with Crippen LogP contribution in [0.1, 0.15) is 37.8 Å². The lowest BCUT2D eigenvalue weighted by Gasteiger charge is -2.09. The molecule has 1 atom stereocenters. The molecule has 1 unspecified atom stereocenters. The van der Waals surface area contributed by atoms with E-state index in [9.17, 15) is 0 Å². The monoisotopic (exact) mass is 187 g/mol. The van der Waals surface area contributed by atoms with Crippen LogP contribution in [0.4, 0.5) is 0 Å². The molecule has 0 aromatic heterocycles. The molecule has 0 aliphatic heterocycles. The molecular formula is C13H17N. The van der Waals surface area contributed by atoms with E-state index in [2.05, 4.69) is 32.0 Å². The Labute approximate surface area is 86.4 Å². The van der Waals surface area contributed by atoms with E-state index in [1.165, 1.54) is 18.4 Å². The first-order valence-corrected chi connectivity index (χ1v) is 5.25. The first-order valence-electron chi connectivity index (χ1n) is 5.25. The van der Waals surface area contributed by atoms with Gasteiger partial charge in [0, 0.05) is 0 Å². The van der Waals surface area contributed by atoms with E-state index < -0.39 is 0 Å². The second kappa shape index (κ2) is 5.44. The molecule has 0 N–H and O–H groups in total. The van der Waals surface area contributed by atoms with Crippen LogP contribution in [-0.2, 0) is 6.42 Å². The van der Waals surface area contributed by atoms with Gasteiger partial charge in [-0.15, -0.1) is 0 Å². The predicted octanol–water partition coefficient (Wildman–Crippen LogP) is 3.54. The van der Waals surface area contributed by atoms with Crippen LogP contribution < -0.4 is 0 Å². The zero-order valence-corrected chi connectivity index (χ0v) is 8.96. The van der Waals surface area contributed by atoms with Crippen molar-refractivity contribution in [1.29, 1.82) is 5.26 Å². The molecule has 1 aromatic rings. The highest BCUT2D eigenvalue weighted by Gasteiger charge is 2.02. The van der Waals surface area contributed by atoms with Crippen LogP contribution in [0, 0.1) is 17.2 Å². The van der Waals surface area contributed by atoms with E-state index in [1.807, 2.05) is 12.1 Å². The lowest BCUT2D eigenvalue weighted by Crippen LogP contribution is -1.98. The molecule has 0 aliphatic carbocycles. The van der Waals surface area contributed by atoms with Crippen molar-refractivity contribution in [3.63, 3.8) is 0 Å². The van der Waals surface area contributed by atoms with Crippen molar-refractivity contribution in [3.05, 3.63) is 35.4 Å². The minimum atomic E-state index is 0.743. The van der Waals surface area contributed by atoms with Crippen molar-refractivity contribution in [2.24, 2.45) is 5.92 Å². The van der Waals surface area contributed by atoms with Crippen LogP contribution in [0.15, 0.2) is 24.3 Å². The third kappa shape index (κ3) is 3.22. The van der Waals surface area contributed by atoms with Crippen molar-refractivity contribution in [3.8, 4) is 6.07 Å². The maximum atomic E-state index is 8.64. The van der Waals surface area contributed by atoms with Gasteiger partial charge < -0.3 is 0 Å². The Morgan fingerprint density at radius 1 is 1.29 bits per heavy atom. The summed E-state index contributed by atoms with van der Waals surface area (Å²) in [5.74, 6) is 0.743. The lowest BCUT2D eigenvalue weighted by atomic mass is 9.96. The molecule has 1 nitrogen and oxygen atoms in total. The summed E-state index contributed by atoms with van der Waals surface area (Å²) < 4.78 is 0. The van der Waals surface area contributed by atoms with E-state index in [-0.39, 0.29) is 0 Å². The molecule has 0 amide bonds. The highest BCUT2D eigenvalue weighted by atomic mass is 14.2. The first kappa shape index (κ1) is 10.8. The average molecular weight is 187 g/mol. The van der Waals surface area contributed by atoms with Crippen molar-refractivity contribution >= 4 is 0 Å². The van der Waals surface area contributed by atoms with Gasteiger partial charge in [-0.3, -0.25) is 0 Å². The van der Waals surface area contributed by atoms with E-state index in [4.69, 9.17) is 5.26 Å². The van der Waals surface area contributed by atoms with Crippen molar-refractivity contribution in [2.45, 2.75) is 33.1 Å². The van der Waals surface area contributed by atoms with Gasteiger partial charge in [-0.1, -0.05) is 38.8 Å². The Morgan fingerprint density at radius 2 is 1.93 bits per heavy atom. The van der Waals surface area contributed by atoms with Gasteiger partial charge in [-0.2, -0.15) is 5.26 Å². The number of rotatable bonds is 4. The molecule has 14 heavy (non-hydrogen) atoms. The fraction of sp³-hybridized carbons (Fsp3) is 0.462. The van der Waals surface area contributed by atoms with Gasteiger partial charge in [-0.05, 0) is 30.0 Å². The minimum absolute atomic E-state index is 0.743. The van der Waals surface area contributed by atoms with Crippen molar-refractivity contribution in [2.75, 3.05) is 0 Å². The molecule has 74 valence electrons. The molecule has 0 heterocycles. The molecule has 1 rings (SSSR count). The summed E-state index contributed by atoms with van der Waals surface area (Å²) in [6.45, 7) is 4.50. The number of nitriles is 1. The van der Waals surface area contributed by atoms with Crippen molar-refractivity contribution in [1.82, 2.24) is 0 Å². The van der Waals surface area contributed by atoms with Crippen LogP contribution in [0.25, 0.3) is 0 Å². The SMILES string of the molecule is CCCC(C)Cc1ccc(C#N)cc1. The summed E-state index contributed by atoms with van der Waals surface area (Å²) in [7, 11) is 0. The Hall–Kier alpha value is -1.29. The number of hydrogen-bond acceptors (Lipinski definition) is 1. The largest absolute Gasteiger partial charge is 0.192 e. The minimum Gasteiger partial charge on any atom is -0.192 e. The van der Waals surface area contributed by atoms with Gasteiger partial charge in [0.1, 0.15) is 0 Å². The van der Waals surface area contributed by atoms with Crippen molar-refractivity contribution < 1.29 is 0 Å². The number of benzene rings is 1. The Balaban J connectivity index is 2.56. The van der Waals surface area contributed by atoms with E-state index in [0.717, 1.165) is 17.9 Å². The molecule has 0 radical (unpaired) electrons. The molecule has 0 bridgehead atoms. The summed E-state index contributed by atoms with van der Waals surface area (Å²) in [6, 6.07) is 10.0. The zero-order valence-electron chi connectivity index (χ0n) is 8.96. The summed E-state index contributed by atoms with van der Waals surface area (Å²) in [4.78, 5) is 0. The molecular weight excluding hydrogens is 170 g/mol. The molecule has 0 fully saturated rings. The summed E-state index contributed by atoms with van der Waals surface area (Å²) >= 11 is 0. The predicted molar refractivity (Wildman–Crippen MR) is 58.9 cm³/mol. The van der Waals surface area contributed by atoms with Crippen LogP contribution in [-0.4, -0.2) is 0 Å². The topological polar surface area (TPSA) is 23.8 Å². The summed E-state index contributed by atoms with van der Waals surface area (Å²) in [6.07, 6.45) is 3.65. The van der Waals surface area contributed by atoms with Crippen LogP contribution in [0.2, 0.25) is 0 Å².